The summed E-state index contributed by atoms with van der Waals surface area (Å²) in [5.41, 5.74) is 1.27. The maximum Gasteiger partial charge on any atom is 0.305 e. The molecule has 2 aromatic carbocycles. The molecule has 2 aromatic rings. The summed E-state index contributed by atoms with van der Waals surface area (Å²) in [5, 5.41) is 8.84. The Morgan fingerprint density at radius 3 is 2.38 bits per heavy atom. The number of rotatable bonds is 9. The van der Waals surface area contributed by atoms with E-state index in [0.717, 1.165) is 17.7 Å². The molecule has 0 aromatic heterocycles. The van der Waals surface area contributed by atoms with Crippen LogP contribution in [0, 0.1) is 11.6 Å². The van der Waals surface area contributed by atoms with Crippen LogP contribution < -0.4 is 0 Å². The Bertz CT molecular complexity index is 752. The number of carbonyl (C=O) groups is 2. The second-order valence-electron chi connectivity index (χ2n) is 5.69. The van der Waals surface area contributed by atoms with Gasteiger partial charge in [-0.05, 0) is 23.3 Å². The van der Waals surface area contributed by atoms with Gasteiger partial charge in [-0.15, -0.1) is 0 Å². The first kappa shape index (κ1) is 19.5. The maximum atomic E-state index is 13.3. The molecule has 1 amide bonds. The van der Waals surface area contributed by atoms with Crippen LogP contribution in [-0.2, 0) is 27.5 Å². The number of halogens is 2. The van der Waals surface area contributed by atoms with Gasteiger partial charge in [-0.2, -0.15) is 0 Å². The molecule has 0 radical (unpaired) electrons. The smallest absolute Gasteiger partial charge is 0.305 e. The van der Waals surface area contributed by atoms with Gasteiger partial charge in [0, 0.05) is 13.1 Å². The fourth-order valence-corrected chi connectivity index (χ4v) is 2.30. The van der Waals surface area contributed by atoms with Crippen molar-refractivity contribution in [2.45, 2.75) is 19.6 Å². The van der Waals surface area contributed by atoms with Crippen LogP contribution in [-0.4, -0.2) is 35.0 Å². The number of hydrogen-bond acceptors (Lipinski definition) is 3. The lowest BCUT2D eigenvalue weighted by Crippen LogP contribution is -2.35. The largest absolute Gasteiger partial charge is 0.481 e. The number of ether oxygens (including phenoxy) is 1. The van der Waals surface area contributed by atoms with Gasteiger partial charge in [-0.3, -0.25) is 9.59 Å². The third-order valence-corrected chi connectivity index (χ3v) is 3.64. The molecule has 0 heterocycles. The summed E-state index contributed by atoms with van der Waals surface area (Å²) in [6, 6.07) is 12.6. The van der Waals surface area contributed by atoms with Crippen LogP contribution in [0.5, 0.6) is 0 Å². The van der Waals surface area contributed by atoms with Gasteiger partial charge in [-0.25, -0.2) is 8.78 Å². The van der Waals surface area contributed by atoms with Gasteiger partial charge in [0.25, 0.3) is 0 Å². The molecule has 0 atom stereocenters. The first-order valence-corrected chi connectivity index (χ1v) is 8.01. The molecule has 0 saturated carbocycles. The molecule has 138 valence electrons. The standard InChI is InChI=1S/C19H19F2NO4/c20-16-7-6-15(10-17(16)21)11-22(9-8-19(24)25)18(23)13-26-12-14-4-2-1-3-5-14/h1-7,10H,8-9,11-13H2,(H,24,25). The average Bonchev–Trinajstić information content (AvgIpc) is 2.62. The lowest BCUT2D eigenvalue weighted by atomic mass is 10.2. The van der Waals surface area contributed by atoms with Gasteiger partial charge in [0.15, 0.2) is 11.6 Å². The van der Waals surface area contributed by atoms with E-state index < -0.39 is 23.5 Å². The molecule has 1 N–H and O–H groups in total. The van der Waals surface area contributed by atoms with Crippen LogP contribution >= 0.6 is 0 Å². The zero-order chi connectivity index (χ0) is 18.9. The van der Waals surface area contributed by atoms with Gasteiger partial charge in [0.05, 0.1) is 13.0 Å². The van der Waals surface area contributed by atoms with Gasteiger partial charge in [0.1, 0.15) is 6.61 Å². The lowest BCUT2D eigenvalue weighted by Gasteiger charge is -2.22. The summed E-state index contributed by atoms with van der Waals surface area (Å²) in [4.78, 5) is 24.4. The van der Waals surface area contributed by atoms with Crippen molar-refractivity contribution in [2.24, 2.45) is 0 Å². The van der Waals surface area contributed by atoms with Crippen molar-refractivity contribution in [3.8, 4) is 0 Å². The van der Waals surface area contributed by atoms with E-state index in [9.17, 15) is 18.4 Å². The molecule has 0 aliphatic carbocycles. The van der Waals surface area contributed by atoms with Gasteiger partial charge in [-0.1, -0.05) is 36.4 Å². The van der Waals surface area contributed by atoms with E-state index in [1.54, 1.807) is 0 Å². The van der Waals surface area contributed by atoms with Crippen LogP contribution in [0.4, 0.5) is 8.78 Å². The van der Waals surface area contributed by atoms with E-state index in [1.165, 1.54) is 11.0 Å². The van der Waals surface area contributed by atoms with Crippen molar-refractivity contribution >= 4 is 11.9 Å². The Kier molecular flexibility index (Phi) is 7.23. The number of hydrogen-bond donors (Lipinski definition) is 1. The molecule has 26 heavy (non-hydrogen) atoms. The second kappa shape index (κ2) is 9.62. The molecular weight excluding hydrogens is 344 g/mol. The highest BCUT2D eigenvalue weighted by molar-refractivity contribution is 5.78. The molecule has 0 spiro atoms. The molecule has 0 unspecified atom stereocenters. The number of carboxylic acid groups (broad SMARTS) is 1. The number of benzene rings is 2. The summed E-state index contributed by atoms with van der Waals surface area (Å²) in [6.45, 7) is -0.0808. The molecule has 0 fully saturated rings. The molecular formula is C19H19F2NO4. The summed E-state index contributed by atoms with van der Waals surface area (Å²) in [5.74, 6) is -3.48. The average molecular weight is 363 g/mol. The molecule has 0 saturated heterocycles. The second-order valence-corrected chi connectivity index (χ2v) is 5.69. The SMILES string of the molecule is O=C(O)CCN(Cc1ccc(F)c(F)c1)C(=O)COCc1ccccc1. The number of nitrogens with zero attached hydrogens (tertiary/aromatic N) is 1. The fourth-order valence-electron chi connectivity index (χ4n) is 2.30. The number of carbonyl (C=O) groups excluding carboxylic acids is 1. The minimum absolute atomic E-state index is 0.0298. The first-order chi connectivity index (χ1) is 12.5. The highest BCUT2D eigenvalue weighted by Crippen LogP contribution is 2.12. The molecule has 0 aliphatic rings. The van der Waals surface area contributed by atoms with Crippen molar-refractivity contribution < 1.29 is 28.2 Å². The van der Waals surface area contributed by atoms with Crippen molar-refractivity contribution in [1.29, 1.82) is 0 Å². The Morgan fingerprint density at radius 1 is 1.00 bits per heavy atom. The molecule has 2 rings (SSSR count). The lowest BCUT2D eigenvalue weighted by molar-refractivity contribution is -0.140. The minimum Gasteiger partial charge on any atom is -0.481 e. The monoisotopic (exact) mass is 363 g/mol. The third-order valence-electron chi connectivity index (χ3n) is 3.64. The number of carboxylic acids is 1. The highest BCUT2D eigenvalue weighted by Gasteiger charge is 2.16. The highest BCUT2D eigenvalue weighted by atomic mass is 19.2. The topological polar surface area (TPSA) is 66.8 Å². The molecule has 0 bridgehead atoms. The number of amides is 1. The zero-order valence-corrected chi connectivity index (χ0v) is 14.0. The Labute approximate surface area is 149 Å². The van der Waals surface area contributed by atoms with E-state index in [-0.39, 0.29) is 32.7 Å². The molecule has 0 aliphatic heterocycles. The van der Waals surface area contributed by atoms with Crippen LogP contribution in [0.3, 0.4) is 0 Å². The Morgan fingerprint density at radius 2 is 1.73 bits per heavy atom. The third kappa shape index (κ3) is 6.25. The van der Waals surface area contributed by atoms with Crippen molar-refractivity contribution in [3.63, 3.8) is 0 Å². The van der Waals surface area contributed by atoms with Crippen LogP contribution in [0.25, 0.3) is 0 Å². The minimum atomic E-state index is -1.06. The van der Waals surface area contributed by atoms with Crippen molar-refractivity contribution in [3.05, 3.63) is 71.3 Å². The summed E-state index contributed by atoms with van der Waals surface area (Å²) < 4.78 is 31.7. The predicted molar refractivity (Wildman–Crippen MR) is 90.1 cm³/mol. The van der Waals surface area contributed by atoms with E-state index in [1.807, 2.05) is 30.3 Å². The normalized spacial score (nSPS) is 10.5. The summed E-state index contributed by atoms with van der Waals surface area (Å²) in [6.07, 6.45) is -0.256. The van der Waals surface area contributed by atoms with Crippen molar-refractivity contribution in [1.82, 2.24) is 4.90 Å². The maximum absolute atomic E-state index is 13.3. The zero-order valence-electron chi connectivity index (χ0n) is 14.0. The molecule has 7 heteroatoms. The van der Waals surface area contributed by atoms with E-state index >= 15 is 0 Å². The summed E-state index contributed by atoms with van der Waals surface area (Å²) in [7, 11) is 0. The summed E-state index contributed by atoms with van der Waals surface area (Å²) >= 11 is 0. The Hall–Kier alpha value is -2.80. The van der Waals surface area contributed by atoms with E-state index in [4.69, 9.17) is 9.84 Å². The fraction of sp³-hybridized carbons (Fsp3) is 0.263. The van der Waals surface area contributed by atoms with Crippen LogP contribution in [0.15, 0.2) is 48.5 Å². The number of aliphatic carboxylic acids is 1. The van der Waals surface area contributed by atoms with E-state index in [2.05, 4.69) is 0 Å². The first-order valence-electron chi connectivity index (χ1n) is 8.01. The van der Waals surface area contributed by atoms with Gasteiger partial charge >= 0.3 is 5.97 Å². The quantitative estimate of drug-likeness (QED) is 0.744. The van der Waals surface area contributed by atoms with Crippen LogP contribution in [0.2, 0.25) is 0 Å². The van der Waals surface area contributed by atoms with Crippen LogP contribution in [0.1, 0.15) is 17.5 Å². The van der Waals surface area contributed by atoms with Crippen molar-refractivity contribution in [2.75, 3.05) is 13.2 Å². The van der Waals surface area contributed by atoms with Gasteiger partial charge < -0.3 is 14.7 Å². The molecule has 5 nitrogen and oxygen atoms in total. The van der Waals surface area contributed by atoms with Gasteiger partial charge in [0.2, 0.25) is 5.91 Å². The predicted octanol–water partition coefficient (Wildman–Crippen LogP) is 2.98. The van der Waals surface area contributed by atoms with E-state index in [0.29, 0.717) is 5.56 Å². The Balaban J connectivity index is 1.96.